The van der Waals surface area contributed by atoms with E-state index < -0.39 is 22.9 Å². The highest BCUT2D eigenvalue weighted by Gasteiger charge is 2.67. The minimum absolute atomic E-state index is 0.0252. The van der Waals surface area contributed by atoms with Gasteiger partial charge in [-0.2, -0.15) is 0 Å². The number of aliphatic hydroxyl groups excluding tert-OH is 1. The first-order valence-electron chi connectivity index (χ1n) is 9.34. The summed E-state index contributed by atoms with van der Waals surface area (Å²) >= 11 is 0. The number of allylic oxidation sites excluding steroid dienone is 4. The molecule has 4 aliphatic rings. The first-order chi connectivity index (χ1) is 11.6. The maximum absolute atomic E-state index is 12.1. The van der Waals surface area contributed by atoms with E-state index in [1.807, 2.05) is 13.0 Å². The van der Waals surface area contributed by atoms with Crippen molar-refractivity contribution in [1.82, 2.24) is 0 Å². The van der Waals surface area contributed by atoms with Crippen LogP contribution in [-0.2, 0) is 9.59 Å². The summed E-state index contributed by atoms with van der Waals surface area (Å²) in [5, 5.41) is 22.2. The van der Waals surface area contributed by atoms with E-state index in [4.69, 9.17) is 0 Å². The van der Waals surface area contributed by atoms with Crippen LogP contribution in [0.3, 0.4) is 0 Å². The standard InChI is InChI=1S/C21H27O4/c1-12(22)21(25)9-7-16-15-5-4-13-10-14(23)6-8-19(13,2)18(15)17(24)11-20(16,21)3/h6,8,10,15-18,24-25H,1,4-5,7,9,11H2,2-3H3/t15?,16?,17-,18?,19-,20-,21-/m0/s1. The van der Waals surface area contributed by atoms with Gasteiger partial charge in [0.2, 0.25) is 0 Å². The number of hydrogen-bond donors (Lipinski definition) is 2. The molecule has 1 radical (unpaired) electrons. The van der Waals surface area contributed by atoms with Crippen molar-refractivity contribution in [3.05, 3.63) is 30.7 Å². The molecule has 3 unspecified atom stereocenters. The Labute approximate surface area is 149 Å². The summed E-state index contributed by atoms with van der Waals surface area (Å²) in [6, 6.07) is 0. The Morgan fingerprint density at radius 1 is 1.32 bits per heavy atom. The van der Waals surface area contributed by atoms with E-state index in [9.17, 15) is 19.8 Å². The number of Topliss-reactive ketones (excluding diaryl/α,β-unsaturated/α-hetero) is 1. The van der Waals surface area contributed by atoms with Gasteiger partial charge in [0.25, 0.3) is 0 Å². The molecule has 0 aliphatic heterocycles. The Bertz CT molecular complexity index is 707. The van der Waals surface area contributed by atoms with Crippen molar-refractivity contribution in [2.24, 2.45) is 28.6 Å². The highest BCUT2D eigenvalue weighted by Crippen LogP contribution is 2.66. The molecule has 4 aliphatic carbocycles. The molecule has 0 aromatic heterocycles. The lowest BCUT2D eigenvalue weighted by Gasteiger charge is -2.59. The minimum atomic E-state index is -1.43. The van der Waals surface area contributed by atoms with E-state index in [0.717, 1.165) is 24.8 Å². The summed E-state index contributed by atoms with van der Waals surface area (Å²) in [6.45, 7) is 7.60. The number of hydrogen-bond acceptors (Lipinski definition) is 4. The van der Waals surface area contributed by atoms with Crippen LogP contribution in [0.15, 0.2) is 23.8 Å². The van der Waals surface area contributed by atoms with Gasteiger partial charge in [0, 0.05) is 23.7 Å². The van der Waals surface area contributed by atoms with Crippen molar-refractivity contribution < 1.29 is 19.8 Å². The molecule has 0 amide bonds. The van der Waals surface area contributed by atoms with E-state index in [1.165, 1.54) is 0 Å². The predicted octanol–water partition coefficient (Wildman–Crippen LogP) is 2.40. The molecule has 0 heterocycles. The van der Waals surface area contributed by atoms with Gasteiger partial charge in [-0.05, 0) is 56.1 Å². The third-order valence-corrected chi connectivity index (χ3v) is 8.11. The molecular weight excluding hydrogens is 316 g/mol. The van der Waals surface area contributed by atoms with E-state index in [2.05, 4.69) is 13.8 Å². The Hall–Kier alpha value is -1.26. The van der Waals surface area contributed by atoms with Crippen LogP contribution in [0.1, 0.15) is 46.0 Å². The summed E-state index contributed by atoms with van der Waals surface area (Å²) < 4.78 is 0. The molecular formula is C21H27O4. The zero-order valence-corrected chi connectivity index (χ0v) is 15.0. The van der Waals surface area contributed by atoms with Crippen LogP contribution < -0.4 is 0 Å². The third-order valence-electron chi connectivity index (χ3n) is 8.11. The molecule has 3 saturated carbocycles. The van der Waals surface area contributed by atoms with Gasteiger partial charge in [-0.3, -0.25) is 9.59 Å². The fraction of sp³-hybridized carbons (Fsp3) is 0.667. The van der Waals surface area contributed by atoms with Crippen LogP contribution in [0.5, 0.6) is 0 Å². The quantitative estimate of drug-likeness (QED) is 0.767. The smallest absolute Gasteiger partial charge is 0.178 e. The van der Waals surface area contributed by atoms with Crippen LogP contribution >= 0.6 is 0 Å². The van der Waals surface area contributed by atoms with E-state index in [0.29, 0.717) is 12.8 Å². The molecule has 2 N–H and O–H groups in total. The number of carbonyl (C=O) groups excluding carboxylic acids is 2. The van der Waals surface area contributed by atoms with Gasteiger partial charge in [-0.1, -0.05) is 25.5 Å². The minimum Gasteiger partial charge on any atom is -0.393 e. The Morgan fingerprint density at radius 2 is 2.04 bits per heavy atom. The fourth-order valence-electron chi connectivity index (χ4n) is 6.79. The highest BCUT2D eigenvalue weighted by atomic mass is 16.3. The monoisotopic (exact) mass is 343 g/mol. The topological polar surface area (TPSA) is 74.6 Å². The molecule has 0 bridgehead atoms. The van der Waals surface area contributed by atoms with Gasteiger partial charge in [-0.15, -0.1) is 0 Å². The second-order valence-corrected chi connectivity index (χ2v) is 9.03. The highest BCUT2D eigenvalue weighted by molar-refractivity contribution is 6.01. The SMILES string of the molecule is [CH2]C(=O)[C@@]1(O)CCC2C3CCC4=CC(=O)C=C[C@]4(C)C3[C@@H](O)C[C@@]21C. The van der Waals surface area contributed by atoms with Crippen molar-refractivity contribution in [3.63, 3.8) is 0 Å². The molecule has 0 aromatic carbocycles. The average molecular weight is 343 g/mol. The average Bonchev–Trinajstić information content (AvgIpc) is 2.80. The predicted molar refractivity (Wildman–Crippen MR) is 93.3 cm³/mol. The van der Waals surface area contributed by atoms with Crippen LogP contribution in [0.4, 0.5) is 0 Å². The molecule has 4 rings (SSSR count). The van der Waals surface area contributed by atoms with E-state index >= 15 is 0 Å². The molecule has 0 aromatic rings. The maximum atomic E-state index is 12.1. The van der Waals surface area contributed by atoms with Crippen LogP contribution in [0.2, 0.25) is 0 Å². The van der Waals surface area contributed by atoms with Gasteiger partial charge < -0.3 is 10.2 Å². The number of ketones is 2. The summed E-state index contributed by atoms with van der Waals surface area (Å²) in [7, 11) is 0. The lowest BCUT2D eigenvalue weighted by Crippen LogP contribution is -2.61. The van der Waals surface area contributed by atoms with Gasteiger partial charge in [0.1, 0.15) is 5.60 Å². The van der Waals surface area contributed by atoms with Crippen molar-refractivity contribution in [2.75, 3.05) is 0 Å². The van der Waals surface area contributed by atoms with Crippen molar-refractivity contribution >= 4 is 11.6 Å². The van der Waals surface area contributed by atoms with Gasteiger partial charge in [0.15, 0.2) is 11.6 Å². The Balaban J connectivity index is 1.76. The fourth-order valence-corrected chi connectivity index (χ4v) is 6.79. The summed E-state index contributed by atoms with van der Waals surface area (Å²) in [4.78, 5) is 23.9. The molecule has 25 heavy (non-hydrogen) atoms. The first kappa shape index (κ1) is 17.2. The maximum Gasteiger partial charge on any atom is 0.178 e. The largest absolute Gasteiger partial charge is 0.393 e. The molecule has 4 nitrogen and oxygen atoms in total. The van der Waals surface area contributed by atoms with Crippen LogP contribution in [0, 0.1) is 35.5 Å². The van der Waals surface area contributed by atoms with Crippen LogP contribution in [-0.4, -0.2) is 33.5 Å². The number of carbonyl (C=O) groups is 2. The molecule has 135 valence electrons. The first-order valence-corrected chi connectivity index (χ1v) is 9.34. The van der Waals surface area contributed by atoms with Gasteiger partial charge >= 0.3 is 0 Å². The van der Waals surface area contributed by atoms with Gasteiger partial charge in [-0.25, -0.2) is 0 Å². The summed E-state index contributed by atoms with van der Waals surface area (Å²) in [6.07, 6.45) is 8.08. The number of rotatable bonds is 1. The lowest BCUT2D eigenvalue weighted by molar-refractivity contribution is -0.173. The number of fused-ring (bicyclic) bond motifs is 5. The normalized spacial score (nSPS) is 51.4. The lowest BCUT2D eigenvalue weighted by atomic mass is 9.46. The van der Waals surface area contributed by atoms with Crippen molar-refractivity contribution in [3.8, 4) is 0 Å². The zero-order valence-electron chi connectivity index (χ0n) is 15.0. The van der Waals surface area contributed by atoms with Gasteiger partial charge in [0.05, 0.1) is 6.10 Å². The molecule has 4 heteroatoms. The summed E-state index contributed by atoms with van der Waals surface area (Å²) in [5.74, 6) is 0.0631. The van der Waals surface area contributed by atoms with E-state index in [1.54, 1.807) is 12.2 Å². The van der Waals surface area contributed by atoms with E-state index in [-0.39, 0.29) is 29.0 Å². The third kappa shape index (κ3) is 2.01. The molecule has 0 spiro atoms. The second-order valence-electron chi connectivity index (χ2n) is 9.03. The molecule has 3 fully saturated rings. The van der Waals surface area contributed by atoms with Crippen molar-refractivity contribution in [1.29, 1.82) is 0 Å². The van der Waals surface area contributed by atoms with Crippen LogP contribution in [0.25, 0.3) is 0 Å². The second kappa shape index (κ2) is 5.14. The Kier molecular flexibility index (Phi) is 3.53. The van der Waals surface area contributed by atoms with Crippen molar-refractivity contribution in [2.45, 2.75) is 57.7 Å². The molecule has 0 saturated heterocycles. The Morgan fingerprint density at radius 3 is 2.72 bits per heavy atom. The molecule has 7 atom stereocenters. The zero-order chi connectivity index (χ0) is 18.2. The summed E-state index contributed by atoms with van der Waals surface area (Å²) in [5.41, 5.74) is -1.25. The number of aliphatic hydroxyl groups is 2.